The molecule has 0 amide bonds. The Hall–Kier alpha value is -0.840. The summed E-state index contributed by atoms with van der Waals surface area (Å²) in [7, 11) is 0. The second kappa shape index (κ2) is 6.11. The first-order chi connectivity index (χ1) is 10.1. The van der Waals surface area contributed by atoms with Crippen LogP contribution in [0.4, 0.5) is 4.39 Å². The zero-order chi connectivity index (χ0) is 15.0. The lowest BCUT2D eigenvalue weighted by Crippen LogP contribution is -2.34. The summed E-state index contributed by atoms with van der Waals surface area (Å²) < 4.78 is 21.4. The largest absolute Gasteiger partial charge is 0.378 e. The highest BCUT2D eigenvalue weighted by Crippen LogP contribution is 2.38. The molecule has 0 aliphatic heterocycles. The molecule has 1 saturated carbocycles. The lowest BCUT2D eigenvalue weighted by molar-refractivity contribution is -0.0192. The van der Waals surface area contributed by atoms with Gasteiger partial charge in [0.1, 0.15) is 11.6 Å². The van der Waals surface area contributed by atoms with Crippen LogP contribution in [0.1, 0.15) is 31.6 Å². The van der Waals surface area contributed by atoms with E-state index in [1.807, 2.05) is 6.92 Å². The summed E-state index contributed by atoms with van der Waals surface area (Å²) in [5.74, 6) is 0.940. The molecule has 1 aliphatic rings. The van der Waals surface area contributed by atoms with Crippen molar-refractivity contribution in [2.24, 2.45) is 0 Å². The summed E-state index contributed by atoms with van der Waals surface area (Å²) >= 11 is 11.8. The van der Waals surface area contributed by atoms with Crippen molar-refractivity contribution in [2.45, 2.75) is 38.3 Å². The number of alkyl halides is 1. The van der Waals surface area contributed by atoms with Crippen LogP contribution in [0.2, 0.25) is 5.02 Å². The maximum atomic E-state index is 13.6. The molecule has 21 heavy (non-hydrogen) atoms. The van der Waals surface area contributed by atoms with E-state index in [0.717, 1.165) is 30.8 Å². The summed E-state index contributed by atoms with van der Waals surface area (Å²) in [4.78, 5) is 4.52. The number of rotatable bonds is 5. The number of imidazole rings is 1. The molecule has 0 unspecified atom stereocenters. The highest BCUT2D eigenvalue weighted by molar-refractivity contribution is 6.31. The molecule has 3 nitrogen and oxygen atoms in total. The van der Waals surface area contributed by atoms with Gasteiger partial charge in [-0.3, -0.25) is 0 Å². The average molecular weight is 331 g/mol. The summed E-state index contributed by atoms with van der Waals surface area (Å²) in [6.45, 7) is 2.73. The third-order valence-electron chi connectivity index (χ3n) is 3.96. The lowest BCUT2D eigenvalue weighted by atomic mass is 9.88. The molecule has 0 N–H and O–H groups in total. The van der Waals surface area contributed by atoms with E-state index in [0.29, 0.717) is 30.0 Å². The highest BCUT2D eigenvalue weighted by Gasteiger charge is 2.33. The highest BCUT2D eigenvalue weighted by atomic mass is 35.5. The molecule has 6 heteroatoms. The minimum atomic E-state index is -0.438. The molecule has 1 fully saturated rings. The number of hydrogen-bond donors (Lipinski definition) is 0. The molecule has 0 spiro atoms. The van der Waals surface area contributed by atoms with E-state index in [-0.39, 0.29) is 5.02 Å². The van der Waals surface area contributed by atoms with Crippen molar-refractivity contribution >= 4 is 34.2 Å². The van der Waals surface area contributed by atoms with Crippen LogP contribution in [-0.2, 0) is 11.2 Å². The van der Waals surface area contributed by atoms with Crippen LogP contribution < -0.4 is 0 Å². The van der Waals surface area contributed by atoms with E-state index in [9.17, 15) is 4.39 Å². The van der Waals surface area contributed by atoms with Gasteiger partial charge in [0, 0.05) is 31.0 Å². The van der Waals surface area contributed by atoms with Gasteiger partial charge in [0.2, 0.25) is 0 Å². The van der Waals surface area contributed by atoms with Gasteiger partial charge >= 0.3 is 0 Å². The molecule has 1 aromatic heterocycles. The minimum Gasteiger partial charge on any atom is -0.378 e. The quantitative estimate of drug-likeness (QED) is 0.762. The maximum absolute atomic E-state index is 13.6. The van der Waals surface area contributed by atoms with Gasteiger partial charge in [-0.25, -0.2) is 9.37 Å². The first-order valence-corrected chi connectivity index (χ1v) is 8.08. The predicted molar refractivity (Wildman–Crippen MR) is 82.8 cm³/mol. The number of fused-ring (bicyclic) bond motifs is 1. The van der Waals surface area contributed by atoms with Crippen LogP contribution in [0, 0.1) is 5.82 Å². The van der Waals surface area contributed by atoms with Crippen molar-refractivity contribution in [2.75, 3.05) is 12.5 Å². The maximum Gasteiger partial charge on any atom is 0.144 e. The summed E-state index contributed by atoms with van der Waals surface area (Å²) in [6.07, 6.45) is 2.86. The minimum absolute atomic E-state index is 0.127. The van der Waals surface area contributed by atoms with E-state index in [4.69, 9.17) is 27.9 Å². The first kappa shape index (κ1) is 15.1. The summed E-state index contributed by atoms with van der Waals surface area (Å²) in [5, 5.41) is 0.127. The van der Waals surface area contributed by atoms with Gasteiger partial charge in [-0.1, -0.05) is 11.6 Å². The van der Waals surface area contributed by atoms with Crippen LogP contribution in [-0.4, -0.2) is 28.1 Å². The molecule has 0 saturated heterocycles. The molecule has 0 radical (unpaired) electrons. The molecule has 2 aromatic rings. The van der Waals surface area contributed by atoms with E-state index < -0.39 is 5.82 Å². The second-order valence-corrected chi connectivity index (χ2v) is 6.08. The Labute approximate surface area is 133 Å². The predicted octanol–water partition coefficient (Wildman–Crippen LogP) is 4.35. The summed E-state index contributed by atoms with van der Waals surface area (Å²) in [6, 6.07) is 3.38. The Morgan fingerprint density at radius 1 is 1.43 bits per heavy atom. The van der Waals surface area contributed by atoms with Crippen LogP contribution in [0.3, 0.4) is 0 Å². The van der Waals surface area contributed by atoms with Crippen LogP contribution in [0.25, 0.3) is 11.0 Å². The molecular formula is C15H17Cl2FN2O. The molecular weight excluding hydrogens is 314 g/mol. The average Bonchev–Trinajstić information content (AvgIpc) is 2.72. The molecule has 3 rings (SSSR count). The number of halogens is 3. The van der Waals surface area contributed by atoms with Gasteiger partial charge in [0.25, 0.3) is 0 Å². The van der Waals surface area contributed by atoms with E-state index in [2.05, 4.69) is 9.55 Å². The standard InChI is InChI=1S/C15H17Cl2FN2O/c1-2-21-10-5-9(6-10)20-14-7-11(17)12(18)8-13(14)19-15(20)3-4-16/h7-10H,2-6H2,1H3. The smallest absolute Gasteiger partial charge is 0.144 e. The van der Waals surface area contributed by atoms with Gasteiger partial charge in [0.15, 0.2) is 0 Å². The molecule has 114 valence electrons. The van der Waals surface area contributed by atoms with Crippen LogP contribution in [0.5, 0.6) is 0 Å². The monoisotopic (exact) mass is 330 g/mol. The van der Waals surface area contributed by atoms with Crippen LogP contribution >= 0.6 is 23.2 Å². The SMILES string of the molecule is CCOC1CC(n2c(CCCl)nc3cc(F)c(Cl)cc32)C1. The van der Waals surface area contributed by atoms with Crippen molar-refractivity contribution in [3.63, 3.8) is 0 Å². The molecule has 1 aliphatic carbocycles. The number of aryl methyl sites for hydroxylation is 1. The molecule has 1 aromatic carbocycles. The molecule has 0 atom stereocenters. The number of aromatic nitrogens is 2. The Kier molecular flexibility index (Phi) is 4.38. The molecule has 1 heterocycles. The van der Waals surface area contributed by atoms with Gasteiger partial charge in [-0.2, -0.15) is 0 Å². The number of hydrogen-bond acceptors (Lipinski definition) is 2. The van der Waals surface area contributed by atoms with Crippen molar-refractivity contribution < 1.29 is 9.13 Å². The fourth-order valence-electron chi connectivity index (χ4n) is 2.93. The van der Waals surface area contributed by atoms with Gasteiger partial charge in [0.05, 0.1) is 22.2 Å². The van der Waals surface area contributed by atoms with Crippen molar-refractivity contribution in [3.8, 4) is 0 Å². The second-order valence-electron chi connectivity index (χ2n) is 5.29. The van der Waals surface area contributed by atoms with Crippen molar-refractivity contribution in [3.05, 3.63) is 28.8 Å². The Morgan fingerprint density at radius 2 is 2.19 bits per heavy atom. The fraction of sp³-hybridized carbons (Fsp3) is 0.533. The third-order valence-corrected chi connectivity index (χ3v) is 4.44. The number of nitrogens with zero attached hydrogens (tertiary/aromatic N) is 2. The fourth-order valence-corrected chi connectivity index (χ4v) is 3.26. The zero-order valence-electron chi connectivity index (χ0n) is 11.8. The van der Waals surface area contributed by atoms with Gasteiger partial charge in [-0.15, -0.1) is 11.6 Å². The summed E-state index contributed by atoms with van der Waals surface area (Å²) in [5.41, 5.74) is 1.51. The lowest BCUT2D eigenvalue weighted by Gasteiger charge is -2.37. The van der Waals surface area contributed by atoms with E-state index >= 15 is 0 Å². The number of ether oxygens (including phenoxy) is 1. The molecule has 0 bridgehead atoms. The third kappa shape index (κ3) is 2.77. The van der Waals surface area contributed by atoms with Gasteiger partial charge in [-0.05, 0) is 25.8 Å². The Morgan fingerprint density at radius 3 is 2.86 bits per heavy atom. The van der Waals surface area contributed by atoms with E-state index in [1.54, 1.807) is 6.07 Å². The normalized spacial score (nSPS) is 21.7. The zero-order valence-corrected chi connectivity index (χ0v) is 13.3. The Balaban J connectivity index is 1.98. The topological polar surface area (TPSA) is 27.1 Å². The van der Waals surface area contributed by atoms with E-state index in [1.165, 1.54) is 6.07 Å². The van der Waals surface area contributed by atoms with Gasteiger partial charge < -0.3 is 9.30 Å². The Bertz CT molecular complexity index is 653. The number of benzene rings is 1. The van der Waals surface area contributed by atoms with Crippen LogP contribution in [0.15, 0.2) is 12.1 Å². The van der Waals surface area contributed by atoms with Crippen molar-refractivity contribution in [1.82, 2.24) is 9.55 Å². The first-order valence-electron chi connectivity index (χ1n) is 7.17. The van der Waals surface area contributed by atoms with Crippen molar-refractivity contribution in [1.29, 1.82) is 0 Å².